The second kappa shape index (κ2) is 6.05. The van der Waals surface area contributed by atoms with Crippen molar-refractivity contribution in [3.63, 3.8) is 0 Å². The van der Waals surface area contributed by atoms with Crippen molar-refractivity contribution in [3.8, 4) is 11.5 Å². The van der Waals surface area contributed by atoms with Crippen LogP contribution in [0.15, 0.2) is 29.6 Å². The lowest BCUT2D eigenvalue weighted by Crippen LogP contribution is -2.12. The Hall–Kier alpha value is -2.21. The molecule has 0 unspecified atom stereocenters. The molecule has 2 heterocycles. The highest BCUT2D eigenvalue weighted by Gasteiger charge is 2.17. The Morgan fingerprint density at radius 2 is 2.14 bits per heavy atom. The Morgan fingerprint density at radius 1 is 1.33 bits per heavy atom. The molecule has 0 bridgehead atoms. The van der Waals surface area contributed by atoms with E-state index in [1.54, 1.807) is 23.5 Å². The highest BCUT2D eigenvalue weighted by Crippen LogP contribution is 2.38. The number of benzene rings is 1. The minimum absolute atomic E-state index is 0.0443. The summed E-state index contributed by atoms with van der Waals surface area (Å²) in [5.41, 5.74) is 6.95. The molecule has 1 amide bonds. The topological polar surface area (TPSA) is 73.6 Å². The summed E-state index contributed by atoms with van der Waals surface area (Å²) in [4.78, 5) is 13.3. The van der Waals surface area contributed by atoms with E-state index >= 15 is 0 Å². The Balaban J connectivity index is 1.55. The number of aryl methyl sites for hydroxylation is 1. The van der Waals surface area contributed by atoms with Gasteiger partial charge in [-0.25, -0.2) is 0 Å². The predicted molar refractivity (Wildman–Crippen MR) is 82.9 cm³/mol. The van der Waals surface area contributed by atoms with Crippen molar-refractivity contribution < 1.29 is 14.3 Å². The zero-order valence-corrected chi connectivity index (χ0v) is 12.2. The van der Waals surface area contributed by atoms with Gasteiger partial charge in [0.05, 0.1) is 11.4 Å². The molecule has 6 heteroatoms. The third-order valence-corrected chi connectivity index (χ3v) is 4.16. The van der Waals surface area contributed by atoms with Crippen LogP contribution in [0.2, 0.25) is 0 Å². The summed E-state index contributed by atoms with van der Waals surface area (Å²) in [7, 11) is 0. The normalized spacial score (nSPS) is 12.4. The van der Waals surface area contributed by atoms with Crippen LogP contribution in [0.25, 0.3) is 0 Å². The van der Waals surface area contributed by atoms with E-state index in [1.807, 2.05) is 11.4 Å². The van der Waals surface area contributed by atoms with Crippen molar-refractivity contribution in [2.75, 3.05) is 17.8 Å². The number of nitrogens with two attached hydrogens (primary N) is 1. The molecule has 0 fully saturated rings. The monoisotopic (exact) mass is 304 g/mol. The molecule has 2 aromatic rings. The molecule has 21 heavy (non-hydrogen) atoms. The van der Waals surface area contributed by atoms with Gasteiger partial charge in [0.25, 0.3) is 0 Å². The zero-order chi connectivity index (χ0) is 14.7. The lowest BCUT2D eigenvalue weighted by atomic mass is 10.2. The molecule has 0 saturated carbocycles. The largest absolute Gasteiger partial charge is 0.454 e. The fourth-order valence-corrected chi connectivity index (χ4v) is 2.91. The molecule has 3 N–H and O–H groups in total. The molecule has 0 saturated heterocycles. The number of amides is 1. The first-order valence-electron chi connectivity index (χ1n) is 6.74. The van der Waals surface area contributed by atoms with Crippen LogP contribution in [0, 0.1) is 0 Å². The predicted octanol–water partition coefficient (Wildman–Crippen LogP) is 3.02. The number of hydrogen-bond donors (Lipinski definition) is 2. The van der Waals surface area contributed by atoms with E-state index in [9.17, 15) is 4.79 Å². The summed E-state index contributed by atoms with van der Waals surface area (Å²) in [6.45, 7) is 0.187. The van der Waals surface area contributed by atoms with Gasteiger partial charge in [-0.15, -0.1) is 11.3 Å². The van der Waals surface area contributed by atoms with E-state index in [1.165, 1.54) is 4.88 Å². The summed E-state index contributed by atoms with van der Waals surface area (Å²) in [5.74, 6) is 1.18. The number of hydrogen-bond acceptors (Lipinski definition) is 5. The van der Waals surface area contributed by atoms with Crippen molar-refractivity contribution in [2.45, 2.75) is 19.3 Å². The fourth-order valence-electron chi connectivity index (χ4n) is 2.16. The average molecular weight is 304 g/mol. The third-order valence-electron chi connectivity index (χ3n) is 3.23. The highest BCUT2D eigenvalue weighted by atomic mass is 32.1. The molecular formula is C15H16N2O3S. The first-order chi connectivity index (χ1) is 10.2. The van der Waals surface area contributed by atoms with Gasteiger partial charge in [-0.05, 0) is 24.3 Å². The van der Waals surface area contributed by atoms with Crippen molar-refractivity contribution >= 4 is 28.6 Å². The van der Waals surface area contributed by atoms with E-state index in [2.05, 4.69) is 11.4 Å². The van der Waals surface area contributed by atoms with Crippen LogP contribution >= 0.6 is 11.3 Å². The summed E-state index contributed by atoms with van der Waals surface area (Å²) in [5, 5.41) is 4.87. The molecular weight excluding hydrogens is 288 g/mol. The van der Waals surface area contributed by atoms with Crippen LogP contribution in [0.5, 0.6) is 11.5 Å². The van der Waals surface area contributed by atoms with Crippen molar-refractivity contribution in [1.29, 1.82) is 0 Å². The highest BCUT2D eigenvalue weighted by molar-refractivity contribution is 7.09. The van der Waals surface area contributed by atoms with Gasteiger partial charge in [0.2, 0.25) is 12.7 Å². The van der Waals surface area contributed by atoms with E-state index in [0.29, 0.717) is 29.3 Å². The van der Waals surface area contributed by atoms with Gasteiger partial charge >= 0.3 is 0 Å². The Morgan fingerprint density at radius 3 is 2.90 bits per heavy atom. The van der Waals surface area contributed by atoms with Crippen LogP contribution in [0.4, 0.5) is 11.4 Å². The number of rotatable bonds is 5. The lowest BCUT2D eigenvalue weighted by Gasteiger charge is -2.09. The number of fused-ring (bicyclic) bond motifs is 1. The number of carbonyl (C=O) groups is 1. The van der Waals surface area contributed by atoms with Gasteiger partial charge in [0, 0.05) is 23.4 Å². The summed E-state index contributed by atoms with van der Waals surface area (Å²) in [6.07, 6.45) is 2.20. The molecule has 0 atom stereocenters. The SMILES string of the molecule is Nc1cc2c(cc1NC(=O)CCCc1cccs1)OCO2. The minimum Gasteiger partial charge on any atom is -0.454 e. The average Bonchev–Trinajstić information content (AvgIpc) is 3.10. The summed E-state index contributed by atoms with van der Waals surface area (Å²) < 4.78 is 10.5. The summed E-state index contributed by atoms with van der Waals surface area (Å²) in [6, 6.07) is 7.48. The van der Waals surface area contributed by atoms with Crippen molar-refractivity contribution in [2.24, 2.45) is 0 Å². The number of nitrogen functional groups attached to an aromatic ring is 1. The second-order valence-electron chi connectivity index (χ2n) is 4.77. The van der Waals surface area contributed by atoms with Crippen LogP contribution in [-0.4, -0.2) is 12.7 Å². The molecule has 3 rings (SSSR count). The first kappa shape index (κ1) is 13.8. The number of carbonyl (C=O) groups excluding carboxylic acids is 1. The number of nitrogens with one attached hydrogen (secondary N) is 1. The first-order valence-corrected chi connectivity index (χ1v) is 7.62. The Kier molecular flexibility index (Phi) is 3.96. The molecule has 5 nitrogen and oxygen atoms in total. The van der Waals surface area contributed by atoms with Crippen molar-refractivity contribution in [1.82, 2.24) is 0 Å². The van der Waals surface area contributed by atoms with Gasteiger partial charge in [0.1, 0.15) is 0 Å². The van der Waals surface area contributed by atoms with Crippen molar-refractivity contribution in [3.05, 3.63) is 34.5 Å². The number of anilines is 2. The molecule has 1 aromatic heterocycles. The smallest absolute Gasteiger partial charge is 0.231 e. The van der Waals surface area contributed by atoms with Gasteiger partial charge in [-0.2, -0.15) is 0 Å². The molecule has 0 aliphatic carbocycles. The third kappa shape index (κ3) is 3.28. The molecule has 1 aliphatic rings. The maximum Gasteiger partial charge on any atom is 0.231 e. The quantitative estimate of drug-likeness (QED) is 0.833. The van der Waals surface area contributed by atoms with Crippen LogP contribution in [-0.2, 0) is 11.2 Å². The number of ether oxygens (including phenoxy) is 2. The molecule has 1 aromatic carbocycles. The fraction of sp³-hybridized carbons (Fsp3) is 0.267. The zero-order valence-electron chi connectivity index (χ0n) is 11.4. The lowest BCUT2D eigenvalue weighted by molar-refractivity contribution is -0.116. The molecule has 110 valence electrons. The second-order valence-corrected chi connectivity index (χ2v) is 5.81. The molecule has 0 spiro atoms. The molecule has 0 radical (unpaired) electrons. The summed E-state index contributed by atoms with van der Waals surface area (Å²) >= 11 is 1.71. The van der Waals surface area contributed by atoms with Crippen LogP contribution in [0.3, 0.4) is 0 Å². The Bertz CT molecular complexity index is 641. The Labute approximate surface area is 126 Å². The standard InChI is InChI=1S/C15H16N2O3S/c16-11-7-13-14(20-9-19-13)8-12(11)17-15(18)5-1-3-10-4-2-6-21-10/h2,4,6-8H,1,3,5,9,16H2,(H,17,18). The van der Waals surface area contributed by atoms with Gasteiger partial charge in [0.15, 0.2) is 11.5 Å². The maximum atomic E-state index is 12.0. The van der Waals surface area contributed by atoms with Crippen LogP contribution < -0.4 is 20.5 Å². The van der Waals surface area contributed by atoms with Gasteiger partial charge in [-0.3, -0.25) is 4.79 Å². The van der Waals surface area contributed by atoms with E-state index in [4.69, 9.17) is 15.2 Å². The van der Waals surface area contributed by atoms with Gasteiger partial charge < -0.3 is 20.5 Å². The number of thiophene rings is 1. The maximum absolute atomic E-state index is 12.0. The minimum atomic E-state index is -0.0443. The van der Waals surface area contributed by atoms with E-state index < -0.39 is 0 Å². The molecule has 1 aliphatic heterocycles. The van der Waals surface area contributed by atoms with E-state index in [0.717, 1.165) is 12.8 Å². The van der Waals surface area contributed by atoms with Crippen LogP contribution in [0.1, 0.15) is 17.7 Å². The van der Waals surface area contributed by atoms with Gasteiger partial charge in [-0.1, -0.05) is 6.07 Å². The van der Waals surface area contributed by atoms with E-state index in [-0.39, 0.29) is 12.7 Å².